The van der Waals surface area contributed by atoms with Gasteiger partial charge in [0.25, 0.3) is 0 Å². The number of benzene rings is 1. The quantitative estimate of drug-likeness (QED) is 0.823. The molecule has 2 heteroatoms. The normalized spacial score (nSPS) is 10.5. The lowest BCUT2D eigenvalue weighted by atomic mass is 9.98. The molecule has 0 aliphatic heterocycles. The molecule has 2 nitrogen and oxygen atoms in total. The maximum Gasteiger partial charge on any atom is 0.102 e. The van der Waals surface area contributed by atoms with Crippen molar-refractivity contribution in [2.45, 2.75) is 26.7 Å². The minimum atomic E-state index is 0.361. The van der Waals surface area contributed by atoms with Crippen LogP contribution in [0.25, 0.3) is 11.3 Å². The Labute approximate surface area is 102 Å². The fourth-order valence-electron chi connectivity index (χ4n) is 1.96. The molecule has 17 heavy (non-hydrogen) atoms. The van der Waals surface area contributed by atoms with Gasteiger partial charge in [-0.25, -0.2) is 0 Å². The minimum Gasteiger partial charge on any atom is -0.360 e. The second-order valence-electron chi connectivity index (χ2n) is 4.63. The molecule has 0 saturated heterocycles. The van der Waals surface area contributed by atoms with Gasteiger partial charge >= 0.3 is 0 Å². The summed E-state index contributed by atoms with van der Waals surface area (Å²) in [6.45, 7) is 6.26. The van der Waals surface area contributed by atoms with E-state index in [2.05, 4.69) is 44.0 Å². The third kappa shape index (κ3) is 2.09. The van der Waals surface area contributed by atoms with E-state index in [1.807, 2.05) is 18.3 Å². The van der Waals surface area contributed by atoms with Crippen molar-refractivity contribution in [2.24, 2.45) is 0 Å². The van der Waals surface area contributed by atoms with Crippen LogP contribution in [0, 0.1) is 18.3 Å². The summed E-state index contributed by atoms with van der Waals surface area (Å²) < 4.78 is 0. The molecule has 1 aromatic heterocycles. The Balaban J connectivity index is 2.53. The molecule has 0 atom stereocenters. The SMILES string of the molecule is Cc1ccc(-c2[nH]cc(C(C)C)c2C#N)cc1. The van der Waals surface area contributed by atoms with E-state index in [0.29, 0.717) is 5.92 Å². The van der Waals surface area contributed by atoms with Crippen LogP contribution in [0.2, 0.25) is 0 Å². The summed E-state index contributed by atoms with van der Waals surface area (Å²) in [4.78, 5) is 3.22. The molecule has 2 aromatic rings. The Hall–Kier alpha value is -2.01. The average molecular weight is 224 g/mol. The molecule has 0 spiro atoms. The van der Waals surface area contributed by atoms with E-state index in [-0.39, 0.29) is 0 Å². The van der Waals surface area contributed by atoms with E-state index < -0.39 is 0 Å². The maximum atomic E-state index is 9.28. The summed E-state index contributed by atoms with van der Waals surface area (Å²) in [5, 5.41) is 9.28. The third-order valence-corrected chi connectivity index (χ3v) is 2.98. The summed E-state index contributed by atoms with van der Waals surface area (Å²) in [5.74, 6) is 0.361. The van der Waals surface area contributed by atoms with E-state index >= 15 is 0 Å². The number of nitrogens with one attached hydrogen (secondary N) is 1. The first kappa shape index (κ1) is 11.5. The number of aryl methyl sites for hydroxylation is 1. The Kier molecular flexibility index (Phi) is 3.01. The fourth-order valence-corrected chi connectivity index (χ4v) is 1.96. The number of nitrogens with zero attached hydrogens (tertiary/aromatic N) is 1. The molecule has 1 heterocycles. The van der Waals surface area contributed by atoms with Gasteiger partial charge in [0.15, 0.2) is 0 Å². The van der Waals surface area contributed by atoms with Gasteiger partial charge in [-0.05, 0) is 24.0 Å². The largest absolute Gasteiger partial charge is 0.360 e. The molecule has 86 valence electrons. The van der Waals surface area contributed by atoms with Crippen molar-refractivity contribution in [3.8, 4) is 17.3 Å². The zero-order chi connectivity index (χ0) is 12.4. The number of nitriles is 1. The molecule has 2 rings (SSSR count). The van der Waals surface area contributed by atoms with Crippen LogP contribution in [-0.2, 0) is 0 Å². The molecule has 1 N–H and O–H groups in total. The minimum absolute atomic E-state index is 0.361. The molecular weight excluding hydrogens is 208 g/mol. The van der Waals surface area contributed by atoms with Gasteiger partial charge in [0.05, 0.1) is 11.3 Å². The Morgan fingerprint density at radius 2 is 1.82 bits per heavy atom. The van der Waals surface area contributed by atoms with Crippen LogP contribution in [0.1, 0.15) is 36.5 Å². The lowest BCUT2D eigenvalue weighted by Crippen LogP contribution is -1.89. The van der Waals surface area contributed by atoms with Gasteiger partial charge in [-0.3, -0.25) is 0 Å². The van der Waals surface area contributed by atoms with Gasteiger partial charge in [-0.1, -0.05) is 43.7 Å². The highest BCUT2D eigenvalue weighted by Gasteiger charge is 2.14. The molecule has 0 aliphatic rings. The first-order valence-corrected chi connectivity index (χ1v) is 5.82. The summed E-state index contributed by atoms with van der Waals surface area (Å²) in [7, 11) is 0. The molecule has 0 bridgehead atoms. The molecule has 0 saturated carbocycles. The monoisotopic (exact) mass is 224 g/mol. The molecule has 0 amide bonds. The second kappa shape index (κ2) is 4.47. The maximum absolute atomic E-state index is 9.28. The number of hydrogen-bond donors (Lipinski definition) is 1. The van der Waals surface area contributed by atoms with Gasteiger partial charge in [-0.15, -0.1) is 0 Å². The Bertz CT molecular complexity index is 554. The lowest BCUT2D eigenvalue weighted by Gasteiger charge is -2.03. The van der Waals surface area contributed by atoms with Crippen molar-refractivity contribution < 1.29 is 0 Å². The number of aromatic nitrogens is 1. The van der Waals surface area contributed by atoms with Crippen LogP contribution >= 0.6 is 0 Å². The number of hydrogen-bond acceptors (Lipinski definition) is 1. The predicted molar refractivity (Wildman–Crippen MR) is 69.8 cm³/mol. The van der Waals surface area contributed by atoms with Gasteiger partial charge in [0, 0.05) is 6.20 Å². The summed E-state index contributed by atoms with van der Waals surface area (Å²) >= 11 is 0. The van der Waals surface area contributed by atoms with Crippen molar-refractivity contribution >= 4 is 0 Å². The standard InChI is InChI=1S/C15H16N2/c1-10(2)14-9-17-15(13(14)8-16)12-6-4-11(3)5-7-12/h4-7,9-10,17H,1-3H3. The molecule has 1 aromatic carbocycles. The van der Waals surface area contributed by atoms with Crippen LogP contribution in [0.15, 0.2) is 30.5 Å². The highest BCUT2D eigenvalue weighted by molar-refractivity contribution is 5.69. The molecule has 0 radical (unpaired) electrons. The smallest absolute Gasteiger partial charge is 0.102 e. The average Bonchev–Trinajstić information content (AvgIpc) is 2.73. The Morgan fingerprint density at radius 1 is 1.18 bits per heavy atom. The van der Waals surface area contributed by atoms with Crippen molar-refractivity contribution in [1.82, 2.24) is 4.98 Å². The highest BCUT2D eigenvalue weighted by atomic mass is 14.7. The number of rotatable bonds is 2. The molecule has 0 unspecified atom stereocenters. The lowest BCUT2D eigenvalue weighted by molar-refractivity contribution is 0.865. The summed E-state index contributed by atoms with van der Waals surface area (Å²) in [6, 6.07) is 10.5. The van der Waals surface area contributed by atoms with E-state index in [1.54, 1.807) is 0 Å². The first-order chi connectivity index (χ1) is 8.13. The summed E-state index contributed by atoms with van der Waals surface area (Å²) in [6.07, 6.45) is 1.94. The van der Waals surface area contributed by atoms with Crippen LogP contribution < -0.4 is 0 Å². The molecular formula is C15H16N2. The Morgan fingerprint density at radius 3 is 2.35 bits per heavy atom. The van der Waals surface area contributed by atoms with Gasteiger partial charge in [0.1, 0.15) is 6.07 Å². The zero-order valence-corrected chi connectivity index (χ0v) is 10.4. The van der Waals surface area contributed by atoms with Gasteiger partial charge in [0.2, 0.25) is 0 Å². The zero-order valence-electron chi connectivity index (χ0n) is 10.4. The third-order valence-electron chi connectivity index (χ3n) is 2.98. The highest BCUT2D eigenvalue weighted by Crippen LogP contribution is 2.29. The first-order valence-electron chi connectivity index (χ1n) is 5.82. The van der Waals surface area contributed by atoms with Gasteiger partial charge in [-0.2, -0.15) is 5.26 Å². The van der Waals surface area contributed by atoms with Crippen LogP contribution in [0.5, 0.6) is 0 Å². The fraction of sp³-hybridized carbons (Fsp3) is 0.267. The summed E-state index contributed by atoms with van der Waals surface area (Å²) in [5.41, 5.74) is 5.07. The van der Waals surface area contributed by atoms with Crippen molar-refractivity contribution in [1.29, 1.82) is 5.26 Å². The van der Waals surface area contributed by atoms with Crippen LogP contribution in [0.4, 0.5) is 0 Å². The van der Waals surface area contributed by atoms with Crippen molar-refractivity contribution in [2.75, 3.05) is 0 Å². The van der Waals surface area contributed by atoms with E-state index in [0.717, 1.165) is 22.4 Å². The second-order valence-corrected chi connectivity index (χ2v) is 4.63. The topological polar surface area (TPSA) is 39.6 Å². The van der Waals surface area contributed by atoms with Crippen molar-refractivity contribution in [3.63, 3.8) is 0 Å². The molecule has 0 aliphatic carbocycles. The number of aromatic amines is 1. The van der Waals surface area contributed by atoms with Crippen molar-refractivity contribution in [3.05, 3.63) is 47.2 Å². The molecule has 0 fully saturated rings. The van der Waals surface area contributed by atoms with E-state index in [1.165, 1.54) is 5.56 Å². The van der Waals surface area contributed by atoms with Crippen LogP contribution in [0.3, 0.4) is 0 Å². The predicted octanol–water partition coefficient (Wildman–Crippen LogP) is 3.99. The van der Waals surface area contributed by atoms with Crippen LogP contribution in [-0.4, -0.2) is 4.98 Å². The van der Waals surface area contributed by atoms with E-state index in [4.69, 9.17) is 0 Å². The number of H-pyrrole nitrogens is 1. The van der Waals surface area contributed by atoms with E-state index in [9.17, 15) is 5.26 Å². The van der Waals surface area contributed by atoms with Gasteiger partial charge < -0.3 is 4.98 Å².